The summed E-state index contributed by atoms with van der Waals surface area (Å²) in [7, 11) is -3.76. The Kier molecular flexibility index (Phi) is 8.25. The van der Waals surface area contributed by atoms with Crippen LogP contribution in [-0.2, 0) is 17.7 Å². The summed E-state index contributed by atoms with van der Waals surface area (Å²) in [5.41, 5.74) is 0.0948. The van der Waals surface area contributed by atoms with Crippen LogP contribution in [0.3, 0.4) is 0 Å². The third-order valence-electron chi connectivity index (χ3n) is 7.01. The van der Waals surface area contributed by atoms with E-state index in [1.165, 1.54) is 12.3 Å². The van der Waals surface area contributed by atoms with Crippen LogP contribution in [0.1, 0.15) is 60.8 Å². The average Bonchev–Trinajstić information content (AvgIpc) is 3.03. The molecule has 3 rings (SSSR count). The third kappa shape index (κ3) is 4.74. The fourth-order valence-electron chi connectivity index (χ4n) is 5.23. The van der Waals surface area contributed by atoms with Crippen molar-refractivity contribution in [2.45, 2.75) is 100 Å². The smallest absolute Gasteiger partial charge is 0.335 e. The van der Waals surface area contributed by atoms with Gasteiger partial charge < -0.3 is 17.7 Å². The summed E-state index contributed by atoms with van der Waals surface area (Å²) in [6.07, 6.45) is 0.872. The summed E-state index contributed by atoms with van der Waals surface area (Å²) < 4.78 is 28.7. The maximum absolute atomic E-state index is 12.6. The number of thioether (sulfide) groups is 1. The number of nitrogens with zero attached hydrogens (tertiary/aromatic N) is 1. The molecular weight excluding hydrogens is 476 g/mol. The Morgan fingerprint density at radius 1 is 1.03 bits per heavy atom. The lowest BCUT2D eigenvalue weighted by molar-refractivity contribution is -0.0316. The molecule has 2 fully saturated rings. The molecule has 0 spiro atoms. The number of ether oxygens (including phenoxy) is 1. The van der Waals surface area contributed by atoms with E-state index in [1.807, 2.05) is 0 Å². The van der Waals surface area contributed by atoms with Crippen molar-refractivity contribution >= 4 is 28.9 Å². The molecule has 4 atom stereocenters. The highest BCUT2D eigenvalue weighted by Crippen LogP contribution is 2.52. The van der Waals surface area contributed by atoms with Crippen molar-refractivity contribution in [2.75, 3.05) is 13.7 Å². The van der Waals surface area contributed by atoms with Crippen LogP contribution < -0.4 is 11.2 Å². The highest BCUT2D eigenvalue weighted by molar-refractivity contribution is 8.00. The Morgan fingerprint density at radius 2 is 1.61 bits per heavy atom. The van der Waals surface area contributed by atoms with E-state index in [9.17, 15) is 9.59 Å². The Labute approximate surface area is 203 Å². The summed E-state index contributed by atoms with van der Waals surface area (Å²) in [5, 5.41) is -0.354. The molecule has 33 heavy (non-hydrogen) atoms. The van der Waals surface area contributed by atoms with Crippen molar-refractivity contribution in [1.82, 2.24) is 9.55 Å². The molecule has 0 radical (unpaired) electrons. The van der Waals surface area contributed by atoms with Gasteiger partial charge in [0.1, 0.15) is 11.5 Å². The van der Waals surface area contributed by atoms with Crippen molar-refractivity contribution in [1.29, 1.82) is 0 Å². The quantitative estimate of drug-likeness (QED) is 0.569. The van der Waals surface area contributed by atoms with E-state index >= 15 is 0 Å². The van der Waals surface area contributed by atoms with Crippen molar-refractivity contribution < 1.29 is 17.7 Å². The highest BCUT2D eigenvalue weighted by atomic mass is 32.2. The largest absolute Gasteiger partial charge is 0.414 e. The molecule has 0 saturated carbocycles. The van der Waals surface area contributed by atoms with Gasteiger partial charge in [0.05, 0.1) is 18.0 Å². The number of fused-ring (bicyclic) bond motifs is 1. The maximum atomic E-state index is 12.6. The van der Waals surface area contributed by atoms with Crippen LogP contribution in [-0.4, -0.2) is 57.8 Å². The van der Waals surface area contributed by atoms with Crippen LogP contribution in [0.25, 0.3) is 0 Å². The second-order valence-electron chi connectivity index (χ2n) is 10.3. The lowest BCUT2D eigenvalue weighted by Crippen LogP contribution is -2.65. The van der Waals surface area contributed by atoms with Gasteiger partial charge in [0.25, 0.3) is 5.56 Å². The van der Waals surface area contributed by atoms with E-state index in [-0.39, 0.29) is 45.0 Å². The zero-order chi connectivity index (χ0) is 24.7. The summed E-state index contributed by atoms with van der Waals surface area (Å²) >= 11 is 1.63. The summed E-state index contributed by atoms with van der Waals surface area (Å²) in [4.78, 5) is 26.6. The van der Waals surface area contributed by atoms with E-state index < -0.39 is 28.4 Å². The second kappa shape index (κ2) is 10.1. The first-order valence-corrected chi connectivity index (χ1v) is 16.8. The van der Waals surface area contributed by atoms with E-state index in [0.717, 1.165) is 0 Å². The predicted octanol–water partition coefficient (Wildman–Crippen LogP) is 4.12. The predicted molar refractivity (Wildman–Crippen MR) is 136 cm³/mol. The Hall–Kier alpha value is -0.696. The first-order chi connectivity index (χ1) is 15.4. The zero-order valence-electron chi connectivity index (χ0n) is 21.3. The van der Waals surface area contributed by atoms with Gasteiger partial charge in [-0.1, -0.05) is 55.4 Å². The Bertz CT molecular complexity index is 918. The van der Waals surface area contributed by atoms with Crippen LogP contribution in [0.2, 0.25) is 22.2 Å². The minimum Gasteiger partial charge on any atom is -0.414 e. The molecule has 0 aliphatic carbocycles. The van der Waals surface area contributed by atoms with Gasteiger partial charge in [0.2, 0.25) is 0 Å². The van der Waals surface area contributed by atoms with Crippen LogP contribution in [0.15, 0.2) is 21.9 Å². The molecule has 11 heteroatoms. The molecule has 0 amide bonds. The van der Waals surface area contributed by atoms with E-state index in [1.54, 1.807) is 23.4 Å². The minimum absolute atomic E-state index is 0.0172. The van der Waals surface area contributed by atoms with E-state index in [0.29, 0.717) is 6.61 Å². The van der Waals surface area contributed by atoms with Gasteiger partial charge in [0, 0.05) is 19.4 Å². The summed E-state index contributed by atoms with van der Waals surface area (Å²) in [6, 6.07) is 1.37. The number of hydrogen-bond acceptors (Lipinski definition) is 7. The van der Waals surface area contributed by atoms with Gasteiger partial charge in [-0.3, -0.25) is 14.3 Å². The van der Waals surface area contributed by atoms with Crippen LogP contribution in [0.4, 0.5) is 0 Å². The SMILES string of the molecule is CO[C@H]1C(n2ccc(=O)[nH]c2=O)S[C@@H]2CO[Si](C(C)C)(C(C)C)O[Si](C(C)C)(C(C)C)O[C@H]21. The average molecular weight is 517 g/mol. The normalized spacial score (nSPS) is 29.5. The Morgan fingerprint density at radius 3 is 2.09 bits per heavy atom. The molecule has 3 heterocycles. The van der Waals surface area contributed by atoms with Gasteiger partial charge in [-0.25, -0.2) is 4.79 Å². The minimum atomic E-state index is -2.78. The molecule has 1 N–H and O–H groups in total. The van der Waals surface area contributed by atoms with Crippen molar-refractivity contribution in [2.24, 2.45) is 0 Å². The molecule has 8 nitrogen and oxygen atoms in total. The molecule has 2 aliphatic rings. The van der Waals surface area contributed by atoms with Gasteiger partial charge in [-0.05, 0) is 22.2 Å². The molecule has 1 aromatic rings. The van der Waals surface area contributed by atoms with Crippen molar-refractivity contribution in [3.63, 3.8) is 0 Å². The summed E-state index contributed by atoms with van der Waals surface area (Å²) in [6.45, 7) is 18.1. The lowest BCUT2D eigenvalue weighted by atomic mass is 10.1. The first-order valence-electron chi connectivity index (χ1n) is 11.9. The number of methoxy groups -OCH3 is 1. The molecule has 1 aromatic heterocycles. The fourth-order valence-corrected chi connectivity index (χ4v) is 18.3. The Balaban J connectivity index is 2.12. The zero-order valence-corrected chi connectivity index (χ0v) is 24.1. The molecule has 0 bridgehead atoms. The number of rotatable bonds is 6. The van der Waals surface area contributed by atoms with Gasteiger partial charge >= 0.3 is 22.8 Å². The van der Waals surface area contributed by atoms with Gasteiger partial charge in [0.15, 0.2) is 0 Å². The lowest BCUT2D eigenvalue weighted by Gasteiger charge is -2.51. The molecule has 1 unspecified atom stereocenters. The van der Waals surface area contributed by atoms with Gasteiger partial charge in [-0.15, -0.1) is 11.8 Å². The van der Waals surface area contributed by atoms with Crippen molar-refractivity contribution in [3.05, 3.63) is 33.1 Å². The maximum Gasteiger partial charge on any atom is 0.335 e. The van der Waals surface area contributed by atoms with Crippen LogP contribution in [0.5, 0.6) is 0 Å². The number of aromatic amines is 1. The molecule has 2 saturated heterocycles. The number of hydrogen-bond donors (Lipinski definition) is 1. The van der Waals surface area contributed by atoms with E-state index in [2.05, 4.69) is 60.4 Å². The fraction of sp³-hybridized carbons (Fsp3) is 0.818. The third-order valence-corrected chi connectivity index (χ3v) is 18.8. The molecular formula is C22H40N2O6SSi2. The monoisotopic (exact) mass is 516 g/mol. The first kappa shape index (κ1) is 26.9. The number of nitrogens with one attached hydrogen (secondary N) is 1. The second-order valence-corrected chi connectivity index (χ2v) is 20.5. The highest BCUT2D eigenvalue weighted by Gasteiger charge is 2.61. The van der Waals surface area contributed by atoms with Crippen molar-refractivity contribution in [3.8, 4) is 0 Å². The van der Waals surface area contributed by atoms with E-state index in [4.69, 9.17) is 17.7 Å². The van der Waals surface area contributed by atoms with Gasteiger partial charge in [-0.2, -0.15) is 0 Å². The molecule has 0 aromatic carbocycles. The molecule has 2 aliphatic heterocycles. The topological polar surface area (TPSA) is 91.8 Å². The standard InChI is InChI=1S/C22H40N2O6SSi2/c1-13(2)32(14(3)4)28-12-17-19(29-33(30-32,15(5)6)16(7)8)20(27-9)21(31-17)24-11-10-18(25)23-22(24)26/h10-11,13-17,19-21H,12H2,1-9H3,(H,23,25,26)/t17-,19-,20-,21?/m1/s1. The number of H-pyrrole nitrogens is 1. The summed E-state index contributed by atoms with van der Waals surface area (Å²) in [5.74, 6) is 0. The van der Waals surface area contributed by atoms with Crippen LogP contribution in [0, 0.1) is 0 Å². The molecule has 188 valence electrons. The number of aromatic nitrogens is 2. The van der Waals surface area contributed by atoms with Crippen LogP contribution >= 0.6 is 11.8 Å².